The zero-order chi connectivity index (χ0) is 20.3. The fourth-order valence-corrected chi connectivity index (χ4v) is 8.38. The Morgan fingerprint density at radius 1 is 1.14 bits per heavy atom. The van der Waals surface area contributed by atoms with Crippen molar-refractivity contribution in [1.82, 2.24) is 0 Å². The van der Waals surface area contributed by atoms with Crippen LogP contribution in [0.3, 0.4) is 0 Å². The topological polar surface area (TPSA) is 46.5 Å². The van der Waals surface area contributed by atoms with Crippen LogP contribution in [0.5, 0.6) is 0 Å². The van der Waals surface area contributed by atoms with Gasteiger partial charge in [-0.25, -0.2) is 9.18 Å². The average Bonchev–Trinajstić information content (AvgIpc) is 3.04. The van der Waals surface area contributed by atoms with Gasteiger partial charge in [0.1, 0.15) is 5.83 Å². The number of fused-ring (bicyclic) bond motifs is 5. The van der Waals surface area contributed by atoms with Crippen molar-refractivity contribution in [2.75, 3.05) is 13.7 Å². The first-order chi connectivity index (χ1) is 13.3. The summed E-state index contributed by atoms with van der Waals surface area (Å²) in [5.74, 6) is 2.14. The molecule has 0 amide bonds. The molecule has 3 saturated carbocycles. The van der Waals surface area contributed by atoms with E-state index in [2.05, 4.69) is 20.8 Å². The maximum absolute atomic E-state index is 15.3. The quantitative estimate of drug-likeness (QED) is 0.665. The van der Waals surface area contributed by atoms with Crippen LogP contribution in [0, 0.1) is 46.3 Å². The lowest BCUT2D eigenvalue weighted by molar-refractivity contribution is -0.138. The Kier molecular flexibility index (Phi) is 5.17. The summed E-state index contributed by atoms with van der Waals surface area (Å²) in [6, 6.07) is 0. The Labute approximate surface area is 169 Å². The van der Waals surface area contributed by atoms with Crippen molar-refractivity contribution in [1.29, 1.82) is 0 Å². The number of esters is 1. The number of halogens is 1. The number of carbonyl (C=O) groups excluding carboxylic acids is 1. The third-order valence-electron chi connectivity index (χ3n) is 9.86. The van der Waals surface area contributed by atoms with Gasteiger partial charge >= 0.3 is 5.97 Å². The number of hydrogen-bond donors (Lipinski definition) is 1. The lowest BCUT2D eigenvalue weighted by atomic mass is 9.45. The highest BCUT2D eigenvalue weighted by Gasteiger charge is 2.61. The standard InChI is InChI=1S/C24H37FO3/c1-14(13-26)17-7-8-18-15-5-6-20-21(25)16(22(27)28-4)9-11-24(20,3)19(15)10-12-23(17,18)2/h14-15,17-20,26H,5-13H2,1-4H3/t14?,15-,17+,18-,19-,20?,23+,24+/m0/s1. The molecule has 158 valence electrons. The minimum absolute atomic E-state index is 0.0352. The van der Waals surface area contributed by atoms with E-state index in [9.17, 15) is 9.90 Å². The molecule has 0 saturated heterocycles. The van der Waals surface area contributed by atoms with Crippen LogP contribution in [0.1, 0.15) is 72.1 Å². The van der Waals surface area contributed by atoms with Gasteiger partial charge in [0.15, 0.2) is 0 Å². The minimum atomic E-state index is -0.477. The second-order valence-electron chi connectivity index (χ2n) is 10.7. The molecule has 0 bridgehead atoms. The molecule has 2 unspecified atom stereocenters. The number of aliphatic hydroxyl groups excluding tert-OH is 1. The maximum Gasteiger partial charge on any atom is 0.336 e. The zero-order valence-corrected chi connectivity index (χ0v) is 18.0. The van der Waals surface area contributed by atoms with E-state index in [0.29, 0.717) is 47.0 Å². The van der Waals surface area contributed by atoms with Gasteiger partial charge in [0.2, 0.25) is 0 Å². The Morgan fingerprint density at radius 2 is 1.86 bits per heavy atom. The molecule has 3 nitrogen and oxygen atoms in total. The van der Waals surface area contributed by atoms with Crippen LogP contribution >= 0.6 is 0 Å². The van der Waals surface area contributed by atoms with Crippen molar-refractivity contribution in [2.45, 2.75) is 72.1 Å². The molecule has 4 heteroatoms. The molecule has 0 heterocycles. The number of hydrogen-bond acceptors (Lipinski definition) is 3. The lowest BCUT2D eigenvalue weighted by Gasteiger charge is -2.60. The highest BCUT2D eigenvalue weighted by molar-refractivity contribution is 5.89. The SMILES string of the molecule is COC(=O)C1=C(F)C2CC[C@H]3[C@@H]4CC[C@H](C(C)CO)[C@@]4(C)CC[C@@H]3[C@@]2(C)CC1. The summed E-state index contributed by atoms with van der Waals surface area (Å²) in [4.78, 5) is 12.0. The van der Waals surface area contributed by atoms with Crippen LogP contribution in [0.15, 0.2) is 11.4 Å². The molecule has 0 spiro atoms. The summed E-state index contributed by atoms with van der Waals surface area (Å²) in [7, 11) is 1.35. The van der Waals surface area contributed by atoms with Crippen molar-refractivity contribution in [2.24, 2.45) is 46.3 Å². The summed E-state index contributed by atoms with van der Waals surface area (Å²) in [6.07, 6.45) is 8.21. The van der Waals surface area contributed by atoms with Crippen LogP contribution in [0.4, 0.5) is 4.39 Å². The molecular weight excluding hydrogens is 355 g/mol. The van der Waals surface area contributed by atoms with E-state index in [4.69, 9.17) is 4.74 Å². The summed E-state index contributed by atoms with van der Waals surface area (Å²) >= 11 is 0. The van der Waals surface area contributed by atoms with Gasteiger partial charge in [0.05, 0.1) is 12.7 Å². The molecule has 0 aromatic carbocycles. The Bertz CT molecular complexity index is 673. The fraction of sp³-hybridized carbons (Fsp3) is 0.875. The molecule has 0 aliphatic heterocycles. The van der Waals surface area contributed by atoms with Gasteiger partial charge in [-0.2, -0.15) is 0 Å². The Morgan fingerprint density at radius 3 is 2.54 bits per heavy atom. The predicted octanol–water partition coefficient (Wildman–Crippen LogP) is 5.28. The van der Waals surface area contributed by atoms with E-state index >= 15 is 4.39 Å². The Hall–Kier alpha value is -0.900. The largest absolute Gasteiger partial charge is 0.466 e. The third-order valence-corrected chi connectivity index (χ3v) is 9.86. The van der Waals surface area contributed by atoms with Gasteiger partial charge in [-0.1, -0.05) is 20.8 Å². The van der Waals surface area contributed by atoms with E-state index in [1.54, 1.807) is 0 Å². The van der Waals surface area contributed by atoms with Gasteiger partial charge in [-0.3, -0.25) is 0 Å². The van der Waals surface area contributed by atoms with Gasteiger partial charge < -0.3 is 9.84 Å². The molecule has 0 aromatic heterocycles. The number of aliphatic hydroxyl groups is 1. The summed E-state index contributed by atoms with van der Waals surface area (Å²) in [5, 5.41) is 9.76. The Balaban J connectivity index is 1.61. The van der Waals surface area contributed by atoms with Crippen molar-refractivity contribution < 1.29 is 19.0 Å². The molecule has 0 aromatic rings. The highest BCUT2D eigenvalue weighted by atomic mass is 19.1. The zero-order valence-electron chi connectivity index (χ0n) is 18.0. The van der Waals surface area contributed by atoms with E-state index in [1.165, 1.54) is 32.8 Å². The van der Waals surface area contributed by atoms with Crippen LogP contribution in [-0.2, 0) is 9.53 Å². The first kappa shape index (κ1) is 20.4. The van der Waals surface area contributed by atoms with Gasteiger partial charge in [0.25, 0.3) is 0 Å². The second-order valence-corrected chi connectivity index (χ2v) is 10.7. The normalized spacial score (nSPS) is 46.4. The predicted molar refractivity (Wildman–Crippen MR) is 107 cm³/mol. The molecule has 4 aliphatic carbocycles. The van der Waals surface area contributed by atoms with Gasteiger partial charge in [0, 0.05) is 12.5 Å². The van der Waals surface area contributed by atoms with E-state index in [0.717, 1.165) is 19.3 Å². The van der Waals surface area contributed by atoms with Crippen LogP contribution in [0.25, 0.3) is 0 Å². The van der Waals surface area contributed by atoms with Gasteiger partial charge in [-0.15, -0.1) is 0 Å². The van der Waals surface area contributed by atoms with E-state index in [-0.39, 0.29) is 23.8 Å². The molecule has 28 heavy (non-hydrogen) atoms. The fourth-order valence-electron chi connectivity index (χ4n) is 8.38. The molecule has 4 aliphatic rings. The molecule has 8 atom stereocenters. The lowest BCUT2D eigenvalue weighted by Crippen LogP contribution is -2.53. The average molecular weight is 393 g/mol. The molecular formula is C24H37FO3. The molecule has 1 N–H and O–H groups in total. The summed E-state index contributed by atoms with van der Waals surface area (Å²) < 4.78 is 20.2. The first-order valence-electron chi connectivity index (χ1n) is 11.4. The number of rotatable bonds is 3. The monoisotopic (exact) mass is 392 g/mol. The third kappa shape index (κ3) is 2.73. The van der Waals surface area contributed by atoms with Crippen molar-refractivity contribution in [3.63, 3.8) is 0 Å². The number of ether oxygens (including phenoxy) is 1. The highest BCUT2D eigenvalue weighted by Crippen LogP contribution is 2.68. The first-order valence-corrected chi connectivity index (χ1v) is 11.4. The number of methoxy groups -OCH3 is 1. The number of carbonyl (C=O) groups is 1. The molecule has 0 radical (unpaired) electrons. The van der Waals surface area contributed by atoms with Crippen LogP contribution < -0.4 is 0 Å². The minimum Gasteiger partial charge on any atom is -0.466 e. The summed E-state index contributed by atoms with van der Waals surface area (Å²) in [5.41, 5.74) is 0.584. The number of allylic oxidation sites excluding steroid dienone is 1. The van der Waals surface area contributed by atoms with Crippen LogP contribution in [-0.4, -0.2) is 24.8 Å². The van der Waals surface area contributed by atoms with Crippen molar-refractivity contribution >= 4 is 5.97 Å². The molecule has 4 rings (SSSR count). The van der Waals surface area contributed by atoms with E-state index < -0.39 is 5.97 Å². The van der Waals surface area contributed by atoms with E-state index in [1.807, 2.05) is 0 Å². The second kappa shape index (κ2) is 7.11. The van der Waals surface area contributed by atoms with Gasteiger partial charge in [-0.05, 0) is 91.8 Å². The van der Waals surface area contributed by atoms with Crippen LogP contribution in [0.2, 0.25) is 0 Å². The maximum atomic E-state index is 15.3. The van der Waals surface area contributed by atoms with Crippen molar-refractivity contribution in [3.05, 3.63) is 11.4 Å². The smallest absolute Gasteiger partial charge is 0.336 e. The summed E-state index contributed by atoms with van der Waals surface area (Å²) in [6.45, 7) is 7.27. The van der Waals surface area contributed by atoms with Crippen molar-refractivity contribution in [3.8, 4) is 0 Å². The molecule has 3 fully saturated rings.